The van der Waals surface area contributed by atoms with Crippen molar-refractivity contribution in [1.82, 2.24) is 9.62 Å². The van der Waals surface area contributed by atoms with Crippen molar-refractivity contribution >= 4 is 10.0 Å². The third-order valence-electron chi connectivity index (χ3n) is 3.59. The fourth-order valence-electron chi connectivity index (χ4n) is 2.45. The fraction of sp³-hybridized carbons (Fsp3) is 0.625. The van der Waals surface area contributed by atoms with Gasteiger partial charge in [0.15, 0.2) is 0 Å². The van der Waals surface area contributed by atoms with E-state index >= 15 is 0 Å². The molecule has 21 heavy (non-hydrogen) atoms. The van der Waals surface area contributed by atoms with E-state index in [9.17, 15) is 8.42 Å². The van der Waals surface area contributed by atoms with Gasteiger partial charge in [0, 0.05) is 19.6 Å². The van der Waals surface area contributed by atoms with Crippen LogP contribution in [0, 0.1) is 5.92 Å². The van der Waals surface area contributed by atoms with E-state index in [1.807, 2.05) is 38.2 Å². The summed E-state index contributed by atoms with van der Waals surface area (Å²) in [6.07, 6.45) is 0.871. The summed E-state index contributed by atoms with van der Waals surface area (Å²) in [6.45, 7) is 6.93. The molecule has 0 spiro atoms. The molecule has 0 heterocycles. The van der Waals surface area contributed by atoms with Gasteiger partial charge in [-0.05, 0) is 37.4 Å². The van der Waals surface area contributed by atoms with Gasteiger partial charge in [-0.1, -0.05) is 38.1 Å². The number of nitrogens with one attached hydrogen (secondary N) is 1. The van der Waals surface area contributed by atoms with Crippen molar-refractivity contribution in [3.05, 3.63) is 35.4 Å². The van der Waals surface area contributed by atoms with Crippen LogP contribution in [-0.4, -0.2) is 32.9 Å². The van der Waals surface area contributed by atoms with E-state index in [1.165, 1.54) is 4.31 Å². The Labute approximate surface area is 129 Å². The maximum atomic E-state index is 12.5. The van der Waals surface area contributed by atoms with Gasteiger partial charge >= 0.3 is 0 Å². The highest BCUT2D eigenvalue weighted by molar-refractivity contribution is 7.88. The Hall–Kier alpha value is -0.910. The van der Waals surface area contributed by atoms with Crippen LogP contribution in [0.1, 0.15) is 38.3 Å². The van der Waals surface area contributed by atoms with Crippen molar-refractivity contribution in [2.24, 2.45) is 5.92 Å². The van der Waals surface area contributed by atoms with E-state index in [1.54, 1.807) is 7.05 Å². The van der Waals surface area contributed by atoms with Crippen molar-refractivity contribution < 1.29 is 8.42 Å². The first-order chi connectivity index (χ1) is 9.76. The minimum absolute atomic E-state index is 0.0236. The zero-order chi connectivity index (χ0) is 16.0. The van der Waals surface area contributed by atoms with Crippen LogP contribution in [0.3, 0.4) is 0 Å². The molecule has 0 radical (unpaired) electrons. The highest BCUT2D eigenvalue weighted by Gasteiger charge is 2.24. The van der Waals surface area contributed by atoms with Gasteiger partial charge in [-0.25, -0.2) is 12.7 Å². The zero-order valence-corrected chi connectivity index (χ0v) is 14.6. The summed E-state index contributed by atoms with van der Waals surface area (Å²) in [5.41, 5.74) is 1.94. The highest BCUT2D eigenvalue weighted by Crippen LogP contribution is 2.17. The third-order valence-corrected chi connectivity index (χ3v) is 5.53. The van der Waals surface area contributed by atoms with E-state index in [0.29, 0.717) is 5.92 Å². The maximum Gasteiger partial charge on any atom is 0.218 e. The van der Waals surface area contributed by atoms with Crippen LogP contribution in [0.25, 0.3) is 0 Å². The van der Waals surface area contributed by atoms with E-state index in [0.717, 1.165) is 24.1 Å². The predicted molar refractivity (Wildman–Crippen MR) is 88.5 cm³/mol. The van der Waals surface area contributed by atoms with Gasteiger partial charge in [-0.15, -0.1) is 0 Å². The number of hydrogen-bond acceptors (Lipinski definition) is 3. The predicted octanol–water partition coefficient (Wildman–Crippen LogP) is 2.60. The van der Waals surface area contributed by atoms with Gasteiger partial charge in [0.05, 0.1) is 5.75 Å². The van der Waals surface area contributed by atoms with E-state index in [2.05, 4.69) is 19.2 Å². The van der Waals surface area contributed by atoms with Gasteiger partial charge in [-0.2, -0.15) is 0 Å². The van der Waals surface area contributed by atoms with Crippen molar-refractivity contribution in [2.75, 3.05) is 14.1 Å². The molecule has 0 saturated carbocycles. The molecule has 0 aliphatic rings. The molecule has 1 aromatic carbocycles. The van der Waals surface area contributed by atoms with Gasteiger partial charge in [0.2, 0.25) is 10.0 Å². The van der Waals surface area contributed by atoms with Gasteiger partial charge in [-0.3, -0.25) is 0 Å². The Bertz CT molecular complexity index is 541. The van der Waals surface area contributed by atoms with Crippen molar-refractivity contribution in [1.29, 1.82) is 0 Å². The lowest BCUT2D eigenvalue weighted by molar-refractivity contribution is 0.337. The molecular weight excluding hydrogens is 284 g/mol. The Morgan fingerprint density at radius 3 is 2.38 bits per heavy atom. The largest absolute Gasteiger partial charge is 0.316 e. The summed E-state index contributed by atoms with van der Waals surface area (Å²) in [7, 11) is 0.283. The lowest BCUT2D eigenvalue weighted by Crippen LogP contribution is -2.36. The molecule has 0 saturated heterocycles. The van der Waals surface area contributed by atoms with Crippen LogP contribution in [0.5, 0.6) is 0 Å². The summed E-state index contributed by atoms with van der Waals surface area (Å²) in [6, 6.07) is 7.76. The Kier molecular flexibility index (Phi) is 6.84. The minimum Gasteiger partial charge on any atom is -0.316 e. The smallest absolute Gasteiger partial charge is 0.218 e. The Morgan fingerprint density at radius 2 is 1.81 bits per heavy atom. The molecule has 1 unspecified atom stereocenters. The molecule has 0 fully saturated rings. The average Bonchev–Trinajstić information content (AvgIpc) is 2.37. The molecule has 5 heteroatoms. The Morgan fingerprint density at radius 1 is 1.19 bits per heavy atom. The van der Waals surface area contributed by atoms with Gasteiger partial charge < -0.3 is 5.32 Å². The SMILES string of the molecule is CNCc1cccc(CS(=O)(=O)N(C)C(C)CC(C)C)c1. The van der Waals surface area contributed by atoms with E-state index < -0.39 is 10.0 Å². The number of benzene rings is 1. The molecule has 0 aliphatic carbocycles. The van der Waals surface area contributed by atoms with Crippen LogP contribution >= 0.6 is 0 Å². The monoisotopic (exact) mass is 312 g/mol. The lowest BCUT2D eigenvalue weighted by Gasteiger charge is -2.25. The molecule has 1 atom stereocenters. The van der Waals surface area contributed by atoms with Crippen LogP contribution in [0.15, 0.2) is 24.3 Å². The summed E-state index contributed by atoms with van der Waals surface area (Å²) in [5, 5.41) is 3.08. The van der Waals surface area contributed by atoms with Crippen molar-refractivity contribution in [3.63, 3.8) is 0 Å². The minimum atomic E-state index is -3.28. The fourth-order valence-corrected chi connectivity index (χ4v) is 3.89. The number of rotatable bonds is 8. The third kappa shape index (κ3) is 5.77. The van der Waals surface area contributed by atoms with Gasteiger partial charge in [0.25, 0.3) is 0 Å². The van der Waals surface area contributed by atoms with Crippen LogP contribution in [0.2, 0.25) is 0 Å². The first-order valence-electron chi connectivity index (χ1n) is 7.44. The average molecular weight is 312 g/mol. The van der Waals surface area contributed by atoms with Crippen LogP contribution in [-0.2, 0) is 22.3 Å². The molecular formula is C16H28N2O2S. The molecule has 0 aliphatic heterocycles. The first kappa shape index (κ1) is 18.1. The van der Waals surface area contributed by atoms with Crippen LogP contribution < -0.4 is 5.32 Å². The second kappa shape index (κ2) is 7.92. The molecule has 4 nitrogen and oxygen atoms in total. The zero-order valence-electron chi connectivity index (χ0n) is 13.8. The molecule has 1 rings (SSSR count). The van der Waals surface area contributed by atoms with Crippen LogP contribution in [0.4, 0.5) is 0 Å². The summed E-state index contributed by atoms with van der Waals surface area (Å²) < 4.78 is 26.5. The number of sulfonamides is 1. The standard InChI is InChI=1S/C16H28N2O2S/c1-13(2)9-14(3)18(5)21(19,20)12-16-8-6-7-15(10-16)11-17-4/h6-8,10,13-14,17H,9,11-12H2,1-5H3. The number of hydrogen-bond donors (Lipinski definition) is 1. The summed E-state index contributed by atoms with van der Waals surface area (Å²) in [5.74, 6) is 0.542. The van der Waals surface area contributed by atoms with E-state index in [4.69, 9.17) is 0 Å². The lowest BCUT2D eigenvalue weighted by atomic mass is 10.1. The second-order valence-electron chi connectivity index (χ2n) is 6.10. The van der Waals surface area contributed by atoms with Gasteiger partial charge in [0.1, 0.15) is 0 Å². The Balaban J connectivity index is 2.82. The summed E-state index contributed by atoms with van der Waals surface area (Å²) >= 11 is 0. The quantitative estimate of drug-likeness (QED) is 0.803. The highest BCUT2D eigenvalue weighted by atomic mass is 32.2. The molecule has 0 bridgehead atoms. The molecule has 1 aromatic rings. The van der Waals surface area contributed by atoms with Crippen molar-refractivity contribution in [3.8, 4) is 0 Å². The second-order valence-corrected chi connectivity index (χ2v) is 8.13. The van der Waals surface area contributed by atoms with E-state index in [-0.39, 0.29) is 11.8 Å². The van der Waals surface area contributed by atoms with Crippen molar-refractivity contribution in [2.45, 2.75) is 45.5 Å². The topological polar surface area (TPSA) is 49.4 Å². The molecule has 120 valence electrons. The first-order valence-corrected chi connectivity index (χ1v) is 9.05. The molecule has 1 N–H and O–H groups in total. The molecule has 0 amide bonds. The maximum absolute atomic E-state index is 12.5. The normalized spacial score (nSPS) is 13.9. The molecule has 0 aromatic heterocycles. The summed E-state index contributed by atoms with van der Waals surface area (Å²) in [4.78, 5) is 0. The number of nitrogens with zero attached hydrogens (tertiary/aromatic N) is 1.